The first-order valence-corrected chi connectivity index (χ1v) is 7.92. The van der Waals surface area contributed by atoms with Gasteiger partial charge in [-0.2, -0.15) is 0 Å². The van der Waals surface area contributed by atoms with E-state index in [1.54, 1.807) is 31.2 Å². The van der Waals surface area contributed by atoms with Crippen LogP contribution in [0.1, 0.15) is 18.5 Å². The van der Waals surface area contributed by atoms with Crippen LogP contribution in [-0.2, 0) is 0 Å². The molecule has 25 heavy (non-hydrogen) atoms. The summed E-state index contributed by atoms with van der Waals surface area (Å²) in [5.41, 5.74) is 6.60. The molecule has 1 atom stereocenters. The third-order valence-electron chi connectivity index (χ3n) is 3.97. The number of rotatable bonds is 3. The van der Waals surface area contributed by atoms with Crippen LogP contribution in [0.4, 0.5) is 9.18 Å². The molecular weight excluding hydrogens is 345 g/mol. The first kappa shape index (κ1) is 17.0. The highest BCUT2D eigenvalue weighted by Gasteiger charge is 2.19. The third kappa shape index (κ3) is 3.21. The second-order valence-electron chi connectivity index (χ2n) is 5.65. The Morgan fingerprint density at radius 1 is 1.24 bits per heavy atom. The molecule has 1 aromatic heterocycles. The predicted octanol–water partition coefficient (Wildman–Crippen LogP) is 3.72. The zero-order valence-electron chi connectivity index (χ0n) is 13.3. The number of nitrogens with one attached hydrogen (secondary N) is 2. The summed E-state index contributed by atoms with van der Waals surface area (Å²) in [5.74, 6) is -0.557. The monoisotopic (exact) mass is 359 g/mol. The van der Waals surface area contributed by atoms with Gasteiger partial charge in [0.1, 0.15) is 5.82 Å². The molecule has 7 heteroatoms. The predicted molar refractivity (Wildman–Crippen MR) is 96.1 cm³/mol. The Bertz CT molecular complexity index is 1030. The van der Waals surface area contributed by atoms with E-state index in [1.165, 1.54) is 18.2 Å². The molecule has 3 rings (SSSR count). The van der Waals surface area contributed by atoms with Crippen LogP contribution in [0, 0.1) is 5.82 Å². The van der Waals surface area contributed by atoms with E-state index in [0.717, 1.165) is 0 Å². The number of aromatic amines is 1. The third-order valence-corrected chi connectivity index (χ3v) is 4.26. The second-order valence-corrected chi connectivity index (χ2v) is 6.05. The minimum Gasteiger partial charge on any atom is -0.352 e. The van der Waals surface area contributed by atoms with Gasteiger partial charge in [0.25, 0.3) is 5.56 Å². The van der Waals surface area contributed by atoms with E-state index in [0.29, 0.717) is 27.6 Å². The van der Waals surface area contributed by atoms with Crippen molar-refractivity contribution in [1.29, 1.82) is 0 Å². The summed E-state index contributed by atoms with van der Waals surface area (Å²) < 4.78 is 13.5. The maximum Gasteiger partial charge on any atom is 0.312 e. The molecule has 0 radical (unpaired) electrons. The van der Waals surface area contributed by atoms with Crippen molar-refractivity contribution in [2.45, 2.75) is 13.0 Å². The maximum atomic E-state index is 13.5. The molecule has 3 aromatic rings. The van der Waals surface area contributed by atoms with Gasteiger partial charge in [0.05, 0.1) is 16.8 Å². The number of nitrogens with two attached hydrogens (primary N) is 1. The van der Waals surface area contributed by atoms with E-state index >= 15 is 0 Å². The largest absolute Gasteiger partial charge is 0.352 e. The first-order valence-electron chi connectivity index (χ1n) is 7.54. The Kier molecular flexibility index (Phi) is 4.46. The highest BCUT2D eigenvalue weighted by atomic mass is 35.5. The van der Waals surface area contributed by atoms with Gasteiger partial charge in [-0.25, -0.2) is 9.18 Å². The SMILES string of the molecule is C[C@H](NC(N)=O)c1c(-c2ccc(F)c(Cl)c2)[nH]c(=O)c2ccccc12. The van der Waals surface area contributed by atoms with Crippen LogP contribution >= 0.6 is 11.6 Å². The van der Waals surface area contributed by atoms with Gasteiger partial charge in [-0.05, 0) is 36.6 Å². The Balaban J connectivity index is 2.35. The molecule has 0 saturated carbocycles. The van der Waals surface area contributed by atoms with Crippen molar-refractivity contribution in [3.05, 3.63) is 69.2 Å². The summed E-state index contributed by atoms with van der Waals surface area (Å²) in [6.45, 7) is 1.75. The molecule has 4 N–H and O–H groups in total. The van der Waals surface area contributed by atoms with Crippen molar-refractivity contribution in [2.24, 2.45) is 5.73 Å². The van der Waals surface area contributed by atoms with E-state index in [1.807, 2.05) is 0 Å². The van der Waals surface area contributed by atoms with Crippen LogP contribution in [0.2, 0.25) is 5.02 Å². The van der Waals surface area contributed by atoms with Crippen molar-refractivity contribution < 1.29 is 9.18 Å². The standard InChI is InChI=1S/C18H15ClFN3O2/c1-9(22-18(21)25)15-11-4-2-3-5-12(11)17(24)23-16(15)10-6-7-14(20)13(19)8-10/h2-9H,1H3,(H,23,24)(H3,21,22,25)/t9-/m0/s1. The summed E-state index contributed by atoms with van der Waals surface area (Å²) in [4.78, 5) is 26.6. The number of pyridine rings is 1. The van der Waals surface area contributed by atoms with Crippen LogP contribution in [0.3, 0.4) is 0 Å². The van der Waals surface area contributed by atoms with Crippen molar-refractivity contribution in [3.8, 4) is 11.3 Å². The lowest BCUT2D eigenvalue weighted by atomic mass is 9.95. The van der Waals surface area contributed by atoms with Gasteiger partial charge >= 0.3 is 6.03 Å². The van der Waals surface area contributed by atoms with Gasteiger partial charge in [0.15, 0.2) is 0 Å². The zero-order valence-corrected chi connectivity index (χ0v) is 14.0. The molecule has 0 bridgehead atoms. The fourth-order valence-corrected chi connectivity index (χ4v) is 3.09. The van der Waals surface area contributed by atoms with E-state index in [4.69, 9.17) is 17.3 Å². The van der Waals surface area contributed by atoms with E-state index < -0.39 is 17.9 Å². The number of H-pyrrole nitrogens is 1. The molecule has 0 spiro atoms. The molecule has 0 saturated heterocycles. The average Bonchev–Trinajstić information content (AvgIpc) is 2.56. The first-order chi connectivity index (χ1) is 11.9. The molecular formula is C18H15ClFN3O2. The van der Waals surface area contributed by atoms with Crippen LogP contribution in [-0.4, -0.2) is 11.0 Å². The normalized spacial score (nSPS) is 12.1. The Morgan fingerprint density at radius 3 is 2.56 bits per heavy atom. The number of hydrogen-bond donors (Lipinski definition) is 3. The van der Waals surface area contributed by atoms with Crippen molar-refractivity contribution >= 4 is 28.4 Å². The number of amides is 2. The Labute approximate surface area is 147 Å². The number of urea groups is 1. The van der Waals surface area contributed by atoms with Crippen LogP contribution in [0.15, 0.2) is 47.3 Å². The second kappa shape index (κ2) is 6.57. The van der Waals surface area contributed by atoms with Crippen molar-refractivity contribution in [1.82, 2.24) is 10.3 Å². The molecule has 128 valence electrons. The minimum absolute atomic E-state index is 0.0621. The molecule has 2 amide bonds. The molecule has 0 aliphatic carbocycles. The number of halogens is 2. The average molecular weight is 360 g/mol. The smallest absolute Gasteiger partial charge is 0.312 e. The summed E-state index contributed by atoms with van der Waals surface area (Å²) in [6, 6.07) is 10.0. The van der Waals surface area contributed by atoms with Gasteiger partial charge in [-0.15, -0.1) is 0 Å². The molecule has 0 fully saturated rings. The summed E-state index contributed by atoms with van der Waals surface area (Å²) in [6.07, 6.45) is 0. The Hall–Kier alpha value is -2.86. The number of aromatic nitrogens is 1. The van der Waals surface area contributed by atoms with E-state index in [2.05, 4.69) is 10.3 Å². The lowest BCUT2D eigenvalue weighted by Gasteiger charge is -2.19. The summed E-state index contributed by atoms with van der Waals surface area (Å²) in [7, 11) is 0. The number of hydrogen-bond acceptors (Lipinski definition) is 2. The topological polar surface area (TPSA) is 88.0 Å². The molecule has 0 aliphatic heterocycles. The zero-order chi connectivity index (χ0) is 18.1. The molecule has 1 heterocycles. The number of carbonyl (C=O) groups is 1. The number of benzene rings is 2. The highest BCUT2D eigenvalue weighted by Crippen LogP contribution is 2.32. The van der Waals surface area contributed by atoms with Gasteiger partial charge in [0.2, 0.25) is 0 Å². The number of fused-ring (bicyclic) bond motifs is 1. The highest BCUT2D eigenvalue weighted by molar-refractivity contribution is 6.31. The van der Waals surface area contributed by atoms with Crippen molar-refractivity contribution in [2.75, 3.05) is 0 Å². The fourth-order valence-electron chi connectivity index (χ4n) is 2.91. The van der Waals surface area contributed by atoms with Crippen LogP contribution in [0.25, 0.3) is 22.0 Å². The van der Waals surface area contributed by atoms with E-state index in [9.17, 15) is 14.0 Å². The van der Waals surface area contributed by atoms with Crippen LogP contribution in [0.5, 0.6) is 0 Å². The van der Waals surface area contributed by atoms with Gasteiger partial charge in [-0.3, -0.25) is 4.79 Å². The Morgan fingerprint density at radius 2 is 1.92 bits per heavy atom. The van der Waals surface area contributed by atoms with Crippen LogP contribution < -0.4 is 16.6 Å². The molecule has 2 aromatic carbocycles. The number of primary amides is 1. The maximum absolute atomic E-state index is 13.5. The lowest BCUT2D eigenvalue weighted by Crippen LogP contribution is -2.32. The molecule has 5 nitrogen and oxygen atoms in total. The fraction of sp³-hybridized carbons (Fsp3) is 0.111. The van der Waals surface area contributed by atoms with E-state index in [-0.39, 0.29) is 10.6 Å². The quantitative estimate of drug-likeness (QED) is 0.665. The van der Waals surface area contributed by atoms with Crippen molar-refractivity contribution in [3.63, 3.8) is 0 Å². The lowest BCUT2D eigenvalue weighted by molar-refractivity contribution is 0.246. The summed E-state index contributed by atoms with van der Waals surface area (Å²) in [5, 5.41) is 3.70. The minimum atomic E-state index is -0.689. The summed E-state index contributed by atoms with van der Waals surface area (Å²) >= 11 is 5.88. The molecule has 0 unspecified atom stereocenters. The molecule has 0 aliphatic rings. The number of carbonyl (C=O) groups excluding carboxylic acids is 1. The van der Waals surface area contributed by atoms with Gasteiger partial charge in [0, 0.05) is 16.5 Å². The van der Waals surface area contributed by atoms with Gasteiger partial charge in [-0.1, -0.05) is 29.8 Å². The van der Waals surface area contributed by atoms with Gasteiger partial charge < -0.3 is 16.0 Å².